The van der Waals surface area contributed by atoms with E-state index < -0.39 is 17.0 Å². The molecule has 1 aromatic carbocycles. The minimum absolute atomic E-state index is 0. The molecule has 0 bridgehead atoms. The molecule has 2 heterocycles. The van der Waals surface area contributed by atoms with Gasteiger partial charge < -0.3 is 10.2 Å². The fourth-order valence-electron chi connectivity index (χ4n) is 4.58. The number of rotatable bonds is 3. The number of amides is 1. The summed E-state index contributed by atoms with van der Waals surface area (Å²) in [7, 11) is 0. The quantitative estimate of drug-likeness (QED) is 0.867. The molecule has 0 aromatic heterocycles. The Hall–Kier alpha value is -1.24. The van der Waals surface area contributed by atoms with E-state index in [2.05, 4.69) is 10.2 Å². The summed E-state index contributed by atoms with van der Waals surface area (Å²) in [4.78, 5) is 17.6. The number of hydrogen-bond donors (Lipinski definition) is 1. The first-order valence-corrected chi connectivity index (χ1v) is 9.30. The van der Waals surface area contributed by atoms with Crippen LogP contribution in [0.1, 0.15) is 31.2 Å². The van der Waals surface area contributed by atoms with Crippen LogP contribution in [-0.2, 0) is 10.2 Å². The van der Waals surface area contributed by atoms with Gasteiger partial charge in [-0.2, -0.15) is 0 Å². The Kier molecular flexibility index (Phi) is 5.85. The second kappa shape index (κ2) is 7.79. The van der Waals surface area contributed by atoms with Gasteiger partial charge in [0.1, 0.15) is 11.6 Å². The fourth-order valence-corrected chi connectivity index (χ4v) is 4.58. The molecule has 3 fully saturated rings. The Morgan fingerprint density at radius 2 is 1.88 bits per heavy atom. The van der Waals surface area contributed by atoms with Crippen molar-refractivity contribution >= 4 is 18.3 Å². The van der Waals surface area contributed by atoms with Gasteiger partial charge in [-0.3, -0.25) is 9.69 Å². The van der Waals surface area contributed by atoms with Crippen LogP contribution in [0.4, 0.5) is 8.78 Å². The van der Waals surface area contributed by atoms with E-state index in [9.17, 15) is 13.6 Å². The molecule has 1 N–H and O–H groups in total. The number of hydrogen-bond acceptors (Lipinski definition) is 3. The maximum absolute atomic E-state index is 14.4. The standard InChI is InChI=1S/C19H25F2N3O.ClH/c20-14-2-3-16(17(21)12-14)19(5-1-6-19)18(25)24-9-4-15(13-24)23-10-7-22-8-11-23;/h2-3,12,15,22H,1,4-11,13H2;1H. The van der Waals surface area contributed by atoms with E-state index >= 15 is 0 Å². The van der Waals surface area contributed by atoms with Crippen LogP contribution in [0, 0.1) is 11.6 Å². The predicted octanol–water partition coefficient (Wildman–Crippen LogP) is 2.31. The number of carbonyl (C=O) groups is 1. The average molecular weight is 386 g/mol. The Labute approximate surface area is 159 Å². The van der Waals surface area contributed by atoms with Crippen molar-refractivity contribution in [3.63, 3.8) is 0 Å². The van der Waals surface area contributed by atoms with E-state index in [-0.39, 0.29) is 18.3 Å². The summed E-state index contributed by atoms with van der Waals surface area (Å²) in [5, 5.41) is 3.35. The van der Waals surface area contributed by atoms with Crippen LogP contribution in [0.3, 0.4) is 0 Å². The third kappa shape index (κ3) is 3.35. The SMILES string of the molecule is Cl.O=C(N1CCC(N2CCNCC2)C1)C1(c2ccc(F)cc2F)CCC1. The van der Waals surface area contributed by atoms with Crippen molar-refractivity contribution in [1.82, 2.24) is 15.1 Å². The molecule has 0 spiro atoms. The number of likely N-dealkylation sites (tertiary alicyclic amines) is 1. The molecule has 1 aliphatic carbocycles. The first-order chi connectivity index (χ1) is 12.1. The molecule has 2 saturated heterocycles. The van der Waals surface area contributed by atoms with Crippen molar-refractivity contribution in [3.8, 4) is 0 Å². The molecule has 1 amide bonds. The summed E-state index contributed by atoms with van der Waals surface area (Å²) in [5.74, 6) is -1.16. The molecule has 4 nitrogen and oxygen atoms in total. The number of halogens is 3. The first kappa shape index (κ1) is 19.5. The molecule has 0 radical (unpaired) electrons. The van der Waals surface area contributed by atoms with E-state index in [0.717, 1.165) is 58.2 Å². The Morgan fingerprint density at radius 1 is 1.15 bits per heavy atom. The highest BCUT2D eigenvalue weighted by Gasteiger charge is 2.50. The molecule has 1 unspecified atom stereocenters. The van der Waals surface area contributed by atoms with Crippen molar-refractivity contribution < 1.29 is 13.6 Å². The smallest absolute Gasteiger partial charge is 0.233 e. The Balaban J connectivity index is 0.00000196. The molecule has 144 valence electrons. The average Bonchev–Trinajstić information content (AvgIpc) is 3.06. The van der Waals surface area contributed by atoms with Gasteiger partial charge in [0.2, 0.25) is 5.91 Å². The van der Waals surface area contributed by atoms with Crippen LogP contribution in [0.5, 0.6) is 0 Å². The van der Waals surface area contributed by atoms with E-state index in [1.54, 1.807) is 0 Å². The highest BCUT2D eigenvalue weighted by molar-refractivity contribution is 5.89. The number of nitrogens with zero attached hydrogens (tertiary/aromatic N) is 2. The van der Waals surface area contributed by atoms with E-state index in [4.69, 9.17) is 0 Å². The lowest BCUT2D eigenvalue weighted by Gasteiger charge is -2.43. The van der Waals surface area contributed by atoms with Gasteiger partial charge in [-0.1, -0.05) is 12.5 Å². The minimum atomic E-state index is -0.782. The van der Waals surface area contributed by atoms with Crippen LogP contribution in [0.25, 0.3) is 0 Å². The predicted molar refractivity (Wildman–Crippen MR) is 98.6 cm³/mol. The topological polar surface area (TPSA) is 35.6 Å². The lowest BCUT2D eigenvalue weighted by molar-refractivity contribution is -0.140. The lowest BCUT2D eigenvalue weighted by Crippen LogP contribution is -2.53. The lowest BCUT2D eigenvalue weighted by atomic mass is 9.63. The van der Waals surface area contributed by atoms with Gasteiger partial charge in [-0.05, 0) is 25.3 Å². The normalized spacial score (nSPS) is 25.5. The molecular weight excluding hydrogens is 360 g/mol. The van der Waals surface area contributed by atoms with Crippen molar-refractivity contribution in [3.05, 3.63) is 35.4 Å². The molecule has 1 atom stereocenters. The molecule has 26 heavy (non-hydrogen) atoms. The van der Waals surface area contributed by atoms with E-state index in [1.165, 1.54) is 12.1 Å². The van der Waals surface area contributed by atoms with Gasteiger partial charge in [-0.25, -0.2) is 8.78 Å². The maximum Gasteiger partial charge on any atom is 0.233 e. The molecule has 1 saturated carbocycles. The summed E-state index contributed by atoms with van der Waals surface area (Å²) in [5.41, 5.74) is -0.411. The first-order valence-electron chi connectivity index (χ1n) is 9.30. The van der Waals surface area contributed by atoms with Crippen molar-refractivity contribution in [2.75, 3.05) is 39.3 Å². The molecular formula is C19H26ClF2N3O. The summed E-state index contributed by atoms with van der Waals surface area (Å²) in [6, 6.07) is 4.03. The fraction of sp³-hybridized carbons (Fsp3) is 0.632. The number of benzene rings is 1. The highest BCUT2D eigenvalue weighted by Crippen LogP contribution is 2.46. The minimum Gasteiger partial charge on any atom is -0.340 e. The third-order valence-corrected chi connectivity index (χ3v) is 6.18. The van der Waals surface area contributed by atoms with Crippen molar-refractivity contribution in [2.24, 2.45) is 0 Å². The van der Waals surface area contributed by atoms with Crippen molar-refractivity contribution in [1.29, 1.82) is 0 Å². The van der Waals surface area contributed by atoms with Gasteiger partial charge in [0, 0.05) is 56.9 Å². The Bertz CT molecular complexity index is 662. The maximum atomic E-state index is 14.4. The van der Waals surface area contributed by atoms with Crippen LogP contribution in [-0.4, -0.2) is 61.0 Å². The van der Waals surface area contributed by atoms with Gasteiger partial charge in [0.15, 0.2) is 0 Å². The number of piperazine rings is 1. The molecule has 3 aliphatic rings. The highest BCUT2D eigenvalue weighted by atomic mass is 35.5. The van der Waals surface area contributed by atoms with Gasteiger partial charge in [0.05, 0.1) is 5.41 Å². The zero-order valence-corrected chi connectivity index (χ0v) is 15.7. The summed E-state index contributed by atoms with van der Waals surface area (Å²) in [6.45, 7) is 5.49. The van der Waals surface area contributed by atoms with Crippen LogP contribution < -0.4 is 5.32 Å². The summed E-state index contributed by atoms with van der Waals surface area (Å²) >= 11 is 0. The molecule has 7 heteroatoms. The van der Waals surface area contributed by atoms with Gasteiger partial charge >= 0.3 is 0 Å². The van der Waals surface area contributed by atoms with Gasteiger partial charge in [-0.15, -0.1) is 12.4 Å². The number of nitrogens with one attached hydrogen (secondary N) is 1. The molecule has 2 aliphatic heterocycles. The second-order valence-electron chi connectivity index (χ2n) is 7.54. The zero-order valence-electron chi connectivity index (χ0n) is 14.8. The van der Waals surface area contributed by atoms with Crippen LogP contribution in [0.2, 0.25) is 0 Å². The van der Waals surface area contributed by atoms with E-state index in [0.29, 0.717) is 24.4 Å². The largest absolute Gasteiger partial charge is 0.340 e. The molecule has 1 aromatic rings. The van der Waals surface area contributed by atoms with Crippen LogP contribution in [0.15, 0.2) is 18.2 Å². The van der Waals surface area contributed by atoms with E-state index in [1.807, 2.05) is 4.90 Å². The number of carbonyl (C=O) groups excluding carboxylic acids is 1. The third-order valence-electron chi connectivity index (χ3n) is 6.18. The van der Waals surface area contributed by atoms with Crippen molar-refractivity contribution in [2.45, 2.75) is 37.1 Å². The second-order valence-corrected chi connectivity index (χ2v) is 7.54. The summed E-state index contributed by atoms with van der Waals surface area (Å²) in [6.07, 6.45) is 3.21. The molecule has 4 rings (SSSR count). The summed E-state index contributed by atoms with van der Waals surface area (Å²) < 4.78 is 27.6. The zero-order chi connectivity index (χ0) is 17.4. The van der Waals surface area contributed by atoms with Gasteiger partial charge in [0.25, 0.3) is 0 Å². The Morgan fingerprint density at radius 3 is 2.50 bits per heavy atom. The monoisotopic (exact) mass is 385 g/mol. The van der Waals surface area contributed by atoms with Crippen LogP contribution >= 0.6 is 12.4 Å².